The van der Waals surface area contributed by atoms with Gasteiger partial charge in [-0.25, -0.2) is 0 Å². The van der Waals surface area contributed by atoms with Crippen LogP contribution in [0.3, 0.4) is 0 Å². The van der Waals surface area contributed by atoms with Gasteiger partial charge in [-0.3, -0.25) is 0 Å². The van der Waals surface area contributed by atoms with Crippen LogP contribution in [0, 0.1) is 19.8 Å². The van der Waals surface area contributed by atoms with Gasteiger partial charge in [-0.2, -0.15) is 0 Å². The van der Waals surface area contributed by atoms with E-state index in [1.54, 1.807) is 0 Å². The van der Waals surface area contributed by atoms with Crippen molar-refractivity contribution in [2.24, 2.45) is 5.92 Å². The summed E-state index contributed by atoms with van der Waals surface area (Å²) in [4.78, 5) is 0. The van der Waals surface area contributed by atoms with Crippen molar-refractivity contribution >= 4 is 0 Å². The summed E-state index contributed by atoms with van der Waals surface area (Å²) in [7, 11) is 0. The van der Waals surface area contributed by atoms with E-state index in [-0.39, 0.29) is 0 Å². The summed E-state index contributed by atoms with van der Waals surface area (Å²) in [6, 6.07) is 7.47. The number of aryl methyl sites for hydroxylation is 2. The average molecular weight is 275 g/mol. The second-order valence-corrected chi connectivity index (χ2v) is 6.24. The summed E-state index contributed by atoms with van der Waals surface area (Å²) in [6.45, 7) is 9.65. The molecule has 1 aromatic rings. The Balaban J connectivity index is 1.95. The molecule has 2 nitrogen and oxygen atoms in total. The van der Waals surface area contributed by atoms with Crippen LogP contribution in [-0.4, -0.2) is 25.8 Å². The lowest BCUT2D eigenvalue weighted by atomic mass is 9.93. The quantitative estimate of drug-likeness (QED) is 0.820. The first-order chi connectivity index (χ1) is 9.69. The van der Waals surface area contributed by atoms with Gasteiger partial charge in [-0.1, -0.05) is 25.1 Å². The minimum atomic E-state index is 0.587. The molecular weight excluding hydrogens is 246 g/mol. The lowest BCUT2D eigenvalue weighted by Gasteiger charge is -2.22. The van der Waals surface area contributed by atoms with Gasteiger partial charge in [0.05, 0.1) is 0 Å². The zero-order chi connectivity index (χ0) is 14.4. The van der Waals surface area contributed by atoms with Crippen molar-refractivity contribution in [3.05, 3.63) is 34.9 Å². The van der Waals surface area contributed by atoms with Crippen LogP contribution in [0.4, 0.5) is 0 Å². The Kier molecular flexibility index (Phi) is 6.06. The number of hydrogen-bond donors (Lipinski definition) is 1. The Morgan fingerprint density at radius 3 is 2.80 bits per heavy atom. The van der Waals surface area contributed by atoms with E-state index < -0.39 is 0 Å². The molecule has 0 saturated carbocycles. The van der Waals surface area contributed by atoms with Gasteiger partial charge in [0, 0.05) is 19.3 Å². The van der Waals surface area contributed by atoms with E-state index in [1.807, 2.05) is 0 Å². The van der Waals surface area contributed by atoms with Gasteiger partial charge in [-0.15, -0.1) is 0 Å². The normalized spacial score (nSPS) is 20.2. The average Bonchev–Trinajstić information content (AvgIpc) is 2.93. The highest BCUT2D eigenvalue weighted by Gasteiger charge is 2.20. The molecule has 1 saturated heterocycles. The molecule has 1 heterocycles. The summed E-state index contributed by atoms with van der Waals surface area (Å²) < 4.78 is 5.52. The molecule has 20 heavy (non-hydrogen) atoms. The van der Waals surface area contributed by atoms with Crippen molar-refractivity contribution in [2.75, 3.05) is 19.8 Å². The first-order valence-corrected chi connectivity index (χ1v) is 8.06. The molecule has 0 aromatic heterocycles. The second-order valence-electron chi connectivity index (χ2n) is 6.24. The Bertz CT molecular complexity index is 410. The number of benzene rings is 1. The predicted octanol–water partition coefficient (Wildman–Crippen LogP) is 3.64. The van der Waals surface area contributed by atoms with Crippen LogP contribution in [-0.2, 0) is 11.2 Å². The SMILES string of the molecule is CCCNC(Cc1ccc(C)c(C)c1)CC1CCOC1. The second kappa shape index (κ2) is 7.80. The monoisotopic (exact) mass is 275 g/mol. The zero-order valence-electron chi connectivity index (χ0n) is 13.2. The molecule has 0 aliphatic carbocycles. The maximum atomic E-state index is 5.52. The van der Waals surface area contributed by atoms with Gasteiger partial charge >= 0.3 is 0 Å². The molecule has 1 N–H and O–H groups in total. The molecule has 2 rings (SSSR count). The van der Waals surface area contributed by atoms with Crippen molar-refractivity contribution in [3.63, 3.8) is 0 Å². The maximum Gasteiger partial charge on any atom is 0.0495 e. The van der Waals surface area contributed by atoms with E-state index in [0.29, 0.717) is 6.04 Å². The van der Waals surface area contributed by atoms with Crippen LogP contribution in [0.2, 0.25) is 0 Å². The third kappa shape index (κ3) is 4.60. The Labute approximate surface area is 123 Å². The summed E-state index contributed by atoms with van der Waals surface area (Å²) >= 11 is 0. The minimum Gasteiger partial charge on any atom is -0.381 e. The van der Waals surface area contributed by atoms with Crippen LogP contribution in [0.5, 0.6) is 0 Å². The standard InChI is InChI=1S/C18H29NO/c1-4-8-19-18(12-17-7-9-20-13-17)11-16-6-5-14(2)15(3)10-16/h5-6,10,17-19H,4,7-9,11-13H2,1-3H3. The van der Waals surface area contributed by atoms with Crippen molar-refractivity contribution in [1.29, 1.82) is 0 Å². The van der Waals surface area contributed by atoms with E-state index in [2.05, 4.69) is 44.3 Å². The summed E-state index contributed by atoms with van der Waals surface area (Å²) in [6.07, 6.45) is 4.81. The third-order valence-corrected chi connectivity index (χ3v) is 4.38. The highest BCUT2D eigenvalue weighted by atomic mass is 16.5. The fourth-order valence-electron chi connectivity index (χ4n) is 2.97. The van der Waals surface area contributed by atoms with Gasteiger partial charge in [0.15, 0.2) is 0 Å². The highest BCUT2D eigenvalue weighted by molar-refractivity contribution is 5.30. The molecule has 0 amide bonds. The first-order valence-electron chi connectivity index (χ1n) is 8.06. The minimum absolute atomic E-state index is 0.587. The van der Waals surface area contributed by atoms with Gasteiger partial charge in [0.25, 0.3) is 0 Å². The molecule has 1 aliphatic heterocycles. The van der Waals surface area contributed by atoms with Crippen molar-refractivity contribution in [2.45, 2.75) is 52.5 Å². The van der Waals surface area contributed by atoms with Crippen LogP contribution in [0.15, 0.2) is 18.2 Å². The molecule has 0 bridgehead atoms. The van der Waals surface area contributed by atoms with Crippen LogP contribution >= 0.6 is 0 Å². The Morgan fingerprint density at radius 1 is 1.30 bits per heavy atom. The molecule has 1 aliphatic rings. The third-order valence-electron chi connectivity index (χ3n) is 4.38. The van der Waals surface area contributed by atoms with Crippen LogP contribution in [0.1, 0.15) is 42.9 Å². The number of rotatable bonds is 7. The molecule has 2 unspecified atom stereocenters. The van der Waals surface area contributed by atoms with E-state index in [4.69, 9.17) is 4.74 Å². The molecule has 2 atom stereocenters. The first kappa shape index (κ1) is 15.5. The van der Waals surface area contributed by atoms with Gasteiger partial charge in [0.2, 0.25) is 0 Å². The lowest BCUT2D eigenvalue weighted by molar-refractivity contribution is 0.181. The molecule has 0 radical (unpaired) electrons. The summed E-state index contributed by atoms with van der Waals surface area (Å²) in [5, 5.41) is 3.72. The number of hydrogen-bond acceptors (Lipinski definition) is 2. The van der Waals surface area contributed by atoms with E-state index in [9.17, 15) is 0 Å². The summed E-state index contributed by atoms with van der Waals surface area (Å²) in [5.74, 6) is 0.746. The Morgan fingerprint density at radius 2 is 2.15 bits per heavy atom. The van der Waals surface area contributed by atoms with E-state index in [1.165, 1.54) is 36.0 Å². The lowest BCUT2D eigenvalue weighted by Crippen LogP contribution is -2.34. The van der Waals surface area contributed by atoms with E-state index in [0.717, 1.165) is 32.1 Å². The number of ether oxygens (including phenoxy) is 1. The Hall–Kier alpha value is -0.860. The van der Waals surface area contributed by atoms with Gasteiger partial charge < -0.3 is 10.1 Å². The molecule has 1 aromatic carbocycles. The topological polar surface area (TPSA) is 21.3 Å². The largest absolute Gasteiger partial charge is 0.381 e. The molecule has 2 heteroatoms. The predicted molar refractivity (Wildman–Crippen MR) is 85.2 cm³/mol. The van der Waals surface area contributed by atoms with Crippen LogP contribution in [0.25, 0.3) is 0 Å². The fourth-order valence-corrected chi connectivity index (χ4v) is 2.97. The van der Waals surface area contributed by atoms with Crippen molar-refractivity contribution < 1.29 is 4.74 Å². The van der Waals surface area contributed by atoms with Crippen molar-refractivity contribution in [1.82, 2.24) is 5.32 Å². The molecule has 1 fully saturated rings. The highest BCUT2D eigenvalue weighted by Crippen LogP contribution is 2.21. The fraction of sp³-hybridized carbons (Fsp3) is 0.667. The zero-order valence-corrected chi connectivity index (χ0v) is 13.2. The number of nitrogens with one attached hydrogen (secondary N) is 1. The van der Waals surface area contributed by atoms with Gasteiger partial charge in [0.1, 0.15) is 0 Å². The smallest absolute Gasteiger partial charge is 0.0495 e. The van der Waals surface area contributed by atoms with Crippen LogP contribution < -0.4 is 5.32 Å². The van der Waals surface area contributed by atoms with Gasteiger partial charge in [-0.05, 0) is 68.7 Å². The molecule has 0 spiro atoms. The van der Waals surface area contributed by atoms with Crippen molar-refractivity contribution in [3.8, 4) is 0 Å². The molecular formula is C18H29NO. The summed E-state index contributed by atoms with van der Waals surface area (Å²) in [5.41, 5.74) is 4.25. The maximum absolute atomic E-state index is 5.52. The van der Waals surface area contributed by atoms with E-state index >= 15 is 0 Å². The molecule has 112 valence electrons.